The summed E-state index contributed by atoms with van der Waals surface area (Å²) in [7, 11) is 0. The van der Waals surface area contributed by atoms with Crippen LogP contribution >= 0.6 is 27.5 Å². The van der Waals surface area contributed by atoms with Crippen molar-refractivity contribution in [1.29, 1.82) is 0 Å². The molecule has 0 aliphatic rings. The number of hydrogen-bond donors (Lipinski definition) is 1. The number of hydrogen-bond acceptors (Lipinski definition) is 2. The molecule has 0 saturated carbocycles. The molecule has 2 rings (SSSR count). The van der Waals surface area contributed by atoms with E-state index in [1.165, 1.54) is 0 Å². The highest BCUT2D eigenvalue weighted by atomic mass is 79.9. The van der Waals surface area contributed by atoms with Crippen molar-refractivity contribution in [3.05, 3.63) is 63.1 Å². The molecular weight excluding hydrogens is 338 g/mol. The highest BCUT2D eigenvalue weighted by molar-refractivity contribution is 9.10. The molecule has 106 valence electrons. The van der Waals surface area contributed by atoms with E-state index in [9.17, 15) is 0 Å². The van der Waals surface area contributed by atoms with Gasteiger partial charge >= 0.3 is 0 Å². The lowest BCUT2D eigenvalue weighted by molar-refractivity contribution is 0.302. The largest absolute Gasteiger partial charge is 0.489 e. The molecule has 1 N–H and O–H groups in total. The maximum Gasteiger partial charge on any atom is 0.124 e. The molecule has 0 saturated heterocycles. The second kappa shape index (κ2) is 7.67. The van der Waals surface area contributed by atoms with E-state index in [4.69, 9.17) is 16.3 Å². The van der Waals surface area contributed by atoms with Gasteiger partial charge in [0.2, 0.25) is 0 Å². The summed E-state index contributed by atoms with van der Waals surface area (Å²) in [6, 6.07) is 13.8. The van der Waals surface area contributed by atoms with Gasteiger partial charge in [0.25, 0.3) is 0 Å². The van der Waals surface area contributed by atoms with Gasteiger partial charge in [0.05, 0.1) is 0 Å². The van der Waals surface area contributed by atoms with Gasteiger partial charge < -0.3 is 10.1 Å². The first kappa shape index (κ1) is 15.4. The van der Waals surface area contributed by atoms with Crippen LogP contribution in [0.4, 0.5) is 0 Å². The molecule has 0 fully saturated rings. The number of rotatable bonds is 6. The van der Waals surface area contributed by atoms with Crippen LogP contribution in [0.5, 0.6) is 5.75 Å². The predicted octanol–water partition coefficient (Wildman–Crippen LogP) is 4.79. The van der Waals surface area contributed by atoms with Crippen LogP contribution in [0.3, 0.4) is 0 Å². The topological polar surface area (TPSA) is 21.3 Å². The monoisotopic (exact) mass is 353 g/mol. The van der Waals surface area contributed by atoms with Crippen molar-refractivity contribution in [3.8, 4) is 5.75 Å². The first-order chi connectivity index (χ1) is 9.69. The summed E-state index contributed by atoms with van der Waals surface area (Å²) >= 11 is 9.47. The van der Waals surface area contributed by atoms with Gasteiger partial charge in [-0.25, -0.2) is 0 Å². The molecule has 0 amide bonds. The Morgan fingerprint density at radius 3 is 2.60 bits per heavy atom. The van der Waals surface area contributed by atoms with Crippen molar-refractivity contribution >= 4 is 27.5 Å². The molecule has 0 unspecified atom stereocenters. The number of ether oxygens (including phenoxy) is 1. The van der Waals surface area contributed by atoms with E-state index < -0.39 is 0 Å². The summed E-state index contributed by atoms with van der Waals surface area (Å²) in [5.41, 5.74) is 2.22. The first-order valence-electron chi connectivity index (χ1n) is 6.55. The van der Waals surface area contributed by atoms with Gasteiger partial charge in [-0.1, -0.05) is 46.6 Å². The van der Waals surface area contributed by atoms with Crippen LogP contribution in [0.25, 0.3) is 0 Å². The summed E-state index contributed by atoms with van der Waals surface area (Å²) in [6.07, 6.45) is 0. The smallest absolute Gasteiger partial charge is 0.124 e. The van der Waals surface area contributed by atoms with Gasteiger partial charge in [-0.05, 0) is 42.4 Å². The molecule has 4 heteroatoms. The fourth-order valence-corrected chi connectivity index (χ4v) is 2.29. The Bertz CT molecular complexity index is 557. The fourth-order valence-electron chi connectivity index (χ4n) is 1.83. The highest BCUT2D eigenvalue weighted by Crippen LogP contribution is 2.24. The molecule has 2 aromatic carbocycles. The van der Waals surface area contributed by atoms with Crippen molar-refractivity contribution < 1.29 is 4.74 Å². The SMILES string of the molecule is CCNCc1cc(Cl)ccc1OCc1ccc(Br)cc1. The van der Waals surface area contributed by atoms with Gasteiger partial charge in [-0.2, -0.15) is 0 Å². The van der Waals surface area contributed by atoms with Crippen molar-refractivity contribution in [2.75, 3.05) is 6.54 Å². The zero-order valence-electron chi connectivity index (χ0n) is 11.3. The Morgan fingerprint density at radius 1 is 1.15 bits per heavy atom. The minimum atomic E-state index is 0.550. The second-order valence-electron chi connectivity index (χ2n) is 4.45. The van der Waals surface area contributed by atoms with E-state index >= 15 is 0 Å². The Labute approximate surface area is 133 Å². The summed E-state index contributed by atoms with van der Waals surface area (Å²) in [5, 5.41) is 4.02. The highest BCUT2D eigenvalue weighted by Gasteiger charge is 2.05. The summed E-state index contributed by atoms with van der Waals surface area (Å²) in [6.45, 7) is 4.30. The average Bonchev–Trinajstić information content (AvgIpc) is 2.46. The molecule has 0 aliphatic carbocycles. The fraction of sp³-hybridized carbons (Fsp3) is 0.250. The molecule has 0 aliphatic heterocycles. The lowest BCUT2D eigenvalue weighted by Crippen LogP contribution is -2.13. The molecule has 0 atom stereocenters. The Balaban J connectivity index is 2.06. The standard InChI is InChI=1S/C16H17BrClNO/c1-2-19-10-13-9-15(18)7-8-16(13)20-11-12-3-5-14(17)6-4-12/h3-9,19H,2,10-11H2,1H3. The number of halogens is 2. The van der Waals surface area contributed by atoms with Crippen LogP contribution in [0.2, 0.25) is 5.02 Å². The van der Waals surface area contributed by atoms with Gasteiger partial charge in [-0.3, -0.25) is 0 Å². The molecule has 2 nitrogen and oxygen atoms in total. The van der Waals surface area contributed by atoms with E-state index in [1.807, 2.05) is 42.5 Å². The van der Waals surface area contributed by atoms with E-state index in [-0.39, 0.29) is 0 Å². The molecule has 20 heavy (non-hydrogen) atoms. The Hall–Kier alpha value is -1.03. The van der Waals surface area contributed by atoms with E-state index in [2.05, 4.69) is 28.2 Å². The number of benzene rings is 2. The molecule has 2 aromatic rings. The summed E-state index contributed by atoms with van der Waals surface area (Å²) in [4.78, 5) is 0. The molecule has 0 bridgehead atoms. The molecule has 0 radical (unpaired) electrons. The number of nitrogens with one attached hydrogen (secondary N) is 1. The van der Waals surface area contributed by atoms with Crippen molar-refractivity contribution in [2.24, 2.45) is 0 Å². The van der Waals surface area contributed by atoms with Crippen LogP contribution in [0, 0.1) is 0 Å². The molecule has 0 spiro atoms. The molecule has 0 heterocycles. The maximum absolute atomic E-state index is 6.04. The lowest BCUT2D eigenvalue weighted by Gasteiger charge is -2.12. The van der Waals surface area contributed by atoms with Crippen molar-refractivity contribution in [1.82, 2.24) is 5.32 Å². The van der Waals surface area contributed by atoms with Crippen LogP contribution in [0.1, 0.15) is 18.1 Å². The quantitative estimate of drug-likeness (QED) is 0.805. The van der Waals surface area contributed by atoms with Gasteiger partial charge in [0.15, 0.2) is 0 Å². The third-order valence-electron chi connectivity index (χ3n) is 2.90. The van der Waals surface area contributed by atoms with Crippen molar-refractivity contribution in [2.45, 2.75) is 20.1 Å². The lowest BCUT2D eigenvalue weighted by atomic mass is 10.2. The van der Waals surface area contributed by atoms with Gasteiger partial charge in [0.1, 0.15) is 12.4 Å². The van der Waals surface area contributed by atoms with Crippen LogP contribution < -0.4 is 10.1 Å². The van der Waals surface area contributed by atoms with E-state index in [0.29, 0.717) is 6.61 Å². The Kier molecular flexibility index (Phi) is 5.89. The average molecular weight is 355 g/mol. The predicted molar refractivity (Wildman–Crippen MR) is 87.3 cm³/mol. The summed E-state index contributed by atoms with van der Waals surface area (Å²) < 4.78 is 6.97. The van der Waals surface area contributed by atoms with Crippen molar-refractivity contribution in [3.63, 3.8) is 0 Å². The molecule has 0 aromatic heterocycles. The van der Waals surface area contributed by atoms with Crippen LogP contribution in [-0.4, -0.2) is 6.54 Å². The third kappa shape index (κ3) is 4.51. The minimum absolute atomic E-state index is 0.550. The van der Waals surface area contributed by atoms with Crippen LogP contribution in [0.15, 0.2) is 46.9 Å². The zero-order valence-corrected chi connectivity index (χ0v) is 13.7. The van der Waals surface area contributed by atoms with Crippen LogP contribution in [-0.2, 0) is 13.2 Å². The Morgan fingerprint density at radius 2 is 1.90 bits per heavy atom. The van der Waals surface area contributed by atoms with Gasteiger partial charge in [-0.15, -0.1) is 0 Å². The van der Waals surface area contributed by atoms with E-state index in [0.717, 1.165) is 39.5 Å². The summed E-state index contributed by atoms with van der Waals surface area (Å²) in [5.74, 6) is 0.873. The zero-order chi connectivity index (χ0) is 14.4. The van der Waals surface area contributed by atoms with E-state index in [1.54, 1.807) is 0 Å². The van der Waals surface area contributed by atoms with Gasteiger partial charge in [0, 0.05) is 21.6 Å². The first-order valence-corrected chi connectivity index (χ1v) is 7.72. The normalized spacial score (nSPS) is 10.6. The minimum Gasteiger partial charge on any atom is -0.489 e. The molecular formula is C16H17BrClNO. The third-order valence-corrected chi connectivity index (χ3v) is 3.66. The second-order valence-corrected chi connectivity index (χ2v) is 5.80. The maximum atomic E-state index is 6.04.